The van der Waals surface area contributed by atoms with Gasteiger partial charge in [0.05, 0.1) is 41.0 Å². The molecule has 2 aromatic heterocycles. The Bertz CT molecular complexity index is 3220. The molecule has 0 aliphatic carbocycles. The third-order valence-electron chi connectivity index (χ3n) is 13.1. The Morgan fingerprint density at radius 2 is 1.53 bits per heavy atom. The molecule has 1 aliphatic heterocycles. The fourth-order valence-electron chi connectivity index (χ4n) is 8.96. The number of ether oxygens (including phenoxy) is 1. The van der Waals surface area contributed by atoms with E-state index in [0.717, 1.165) is 32.0 Å². The first kappa shape index (κ1) is 53.6. The van der Waals surface area contributed by atoms with Crippen molar-refractivity contribution in [1.29, 1.82) is 0 Å². The normalized spacial score (nSPS) is 15.4. The Kier molecular flexibility index (Phi) is 16.9. The van der Waals surface area contributed by atoms with Crippen LogP contribution in [0, 0.1) is 12.3 Å². The number of fused-ring (bicyclic) bond motifs is 1. The number of thiazole rings is 1. The van der Waals surface area contributed by atoms with E-state index in [1.807, 2.05) is 64.4 Å². The zero-order chi connectivity index (χ0) is 53.4. The van der Waals surface area contributed by atoms with Crippen LogP contribution in [0.5, 0.6) is 17.2 Å². The number of aliphatic hydroxyl groups excluding tert-OH is 1. The molecule has 15 nitrogen and oxygen atoms in total. The van der Waals surface area contributed by atoms with E-state index in [0.29, 0.717) is 58.6 Å². The molecule has 4 atom stereocenters. The van der Waals surface area contributed by atoms with E-state index >= 15 is 0 Å². The number of phenolic OH excluding ortho intramolecular Hbond substituents is 2. The van der Waals surface area contributed by atoms with Gasteiger partial charge in [-0.1, -0.05) is 57.2 Å². The number of nitrogens with one attached hydrogen (secondary N) is 3. The van der Waals surface area contributed by atoms with Crippen LogP contribution in [-0.4, -0.2) is 92.2 Å². The van der Waals surface area contributed by atoms with E-state index in [1.54, 1.807) is 90.2 Å². The highest BCUT2D eigenvalue weighted by Gasteiger charge is 2.44. The molecule has 0 radical (unpaired) electrons. The van der Waals surface area contributed by atoms with E-state index in [2.05, 4.69) is 26.1 Å². The second-order valence-corrected chi connectivity index (χ2v) is 21.7. The number of aromatic hydroxyl groups is 2. The van der Waals surface area contributed by atoms with Gasteiger partial charge in [0.25, 0.3) is 5.91 Å². The molecule has 0 unspecified atom stereocenters. The number of aryl methyl sites for hydroxylation is 1. The van der Waals surface area contributed by atoms with Gasteiger partial charge in [0.15, 0.2) is 5.78 Å². The molecule has 5 aromatic carbocycles. The van der Waals surface area contributed by atoms with Crippen LogP contribution in [-0.2, 0) is 14.4 Å². The summed E-state index contributed by atoms with van der Waals surface area (Å²) in [4.78, 5) is 75.9. The summed E-state index contributed by atoms with van der Waals surface area (Å²) in [5.41, 5.74) is 8.95. The average Bonchev–Trinajstić information content (AvgIpc) is 4.13. The molecular formula is C58H60N6O9S2. The van der Waals surface area contributed by atoms with Gasteiger partial charge < -0.3 is 35.6 Å². The number of hydrogen-bond donors (Lipinski definition) is 6. The van der Waals surface area contributed by atoms with E-state index in [9.17, 15) is 39.3 Å². The summed E-state index contributed by atoms with van der Waals surface area (Å²) in [5.74, 6) is -1.06. The minimum Gasteiger partial charge on any atom is -0.508 e. The molecule has 75 heavy (non-hydrogen) atoms. The second kappa shape index (κ2) is 23.6. The number of benzene rings is 5. The van der Waals surface area contributed by atoms with Crippen molar-refractivity contribution in [1.82, 2.24) is 25.9 Å². The third kappa shape index (κ3) is 13.2. The molecule has 6 N–H and O–H groups in total. The number of phenols is 2. The number of aliphatic hydroxyl groups is 1. The van der Waals surface area contributed by atoms with Crippen LogP contribution in [0.3, 0.4) is 0 Å². The van der Waals surface area contributed by atoms with Crippen molar-refractivity contribution in [3.63, 3.8) is 0 Å². The van der Waals surface area contributed by atoms with Gasteiger partial charge in [-0.25, -0.2) is 10.4 Å². The van der Waals surface area contributed by atoms with Gasteiger partial charge >= 0.3 is 0 Å². The van der Waals surface area contributed by atoms with E-state index in [1.165, 1.54) is 34.6 Å². The Hall–Kier alpha value is -7.73. The molecule has 1 fully saturated rings. The summed E-state index contributed by atoms with van der Waals surface area (Å²) in [5, 5.41) is 41.4. The van der Waals surface area contributed by atoms with Crippen LogP contribution in [0.25, 0.3) is 31.0 Å². The summed E-state index contributed by atoms with van der Waals surface area (Å²) < 4.78 is 6.65. The molecule has 388 valence electrons. The summed E-state index contributed by atoms with van der Waals surface area (Å²) in [7, 11) is 0. The number of carbonyl (C=O) groups excluding carboxylic acids is 5. The SMILES string of the molecule is Cc1ncsc1-c1ccc([C@H](C)NC(=O)[C@@H]2C[C@@H](O)CN2C(=O)[C@@H](NC(=O)CCCCCOc2ccc(/C=N/NC(=O)c3cccc(C(=O)c4c(-c5ccc(O)cc5)sc5cc(O)ccc45)c3)cc2)C(C)(C)C)cc1. The third-order valence-corrected chi connectivity index (χ3v) is 15.2. The predicted molar refractivity (Wildman–Crippen MR) is 292 cm³/mol. The number of carbonyl (C=O) groups is 5. The van der Waals surface area contributed by atoms with Crippen LogP contribution in [0.4, 0.5) is 0 Å². The fraction of sp³-hybridized carbons (Fsp3) is 0.293. The van der Waals surface area contributed by atoms with Gasteiger partial charge in [0.2, 0.25) is 17.7 Å². The Labute approximate surface area is 443 Å². The first-order chi connectivity index (χ1) is 35.9. The molecule has 17 heteroatoms. The number of hydrazone groups is 1. The van der Waals surface area contributed by atoms with E-state index in [4.69, 9.17) is 4.74 Å². The molecule has 7 aromatic rings. The Balaban J connectivity index is 0.769. The van der Waals surface area contributed by atoms with Crippen molar-refractivity contribution in [2.75, 3.05) is 13.2 Å². The molecule has 4 amide bonds. The standard InChI is InChI=1S/C58H60N6O9S2/c1-34(37-15-17-38(18-16-37)52-35(2)59-33-74-52)61-56(71)47-29-44(67)32-64(47)57(72)54(58(3,4)5)62-49(68)12-7-6-8-27-73-45-24-13-36(14-25-45)31-60-63-55(70)41-11-9-10-40(28-41)51(69)50-46-26-23-43(66)30-48(46)75-53(50)39-19-21-42(65)22-20-39/h9-11,13-26,28,30-31,33-34,44,47,54,65-67H,6-8,12,27,29,32H2,1-5H3,(H,61,71)(H,62,68)(H,63,70)/b60-31+/t34-,44+,47-,54+/m0/s1. The maximum atomic E-state index is 14.1. The van der Waals surface area contributed by atoms with E-state index in [-0.39, 0.29) is 60.1 Å². The lowest BCUT2D eigenvalue weighted by molar-refractivity contribution is -0.144. The van der Waals surface area contributed by atoms with Gasteiger partial charge in [0.1, 0.15) is 29.3 Å². The van der Waals surface area contributed by atoms with Gasteiger partial charge in [-0.2, -0.15) is 5.10 Å². The Morgan fingerprint density at radius 1 is 0.840 bits per heavy atom. The number of thiophene rings is 1. The lowest BCUT2D eigenvalue weighted by Crippen LogP contribution is -2.57. The van der Waals surface area contributed by atoms with Crippen LogP contribution in [0.2, 0.25) is 0 Å². The molecule has 1 saturated heterocycles. The molecule has 1 aliphatic rings. The van der Waals surface area contributed by atoms with Crippen molar-refractivity contribution in [2.45, 2.75) is 91.0 Å². The van der Waals surface area contributed by atoms with Gasteiger partial charge in [0, 0.05) is 51.0 Å². The highest BCUT2D eigenvalue weighted by Crippen LogP contribution is 2.42. The first-order valence-electron chi connectivity index (χ1n) is 24.8. The number of rotatable bonds is 19. The molecule has 0 saturated carbocycles. The van der Waals surface area contributed by atoms with Crippen LogP contribution >= 0.6 is 22.7 Å². The molecule has 0 spiro atoms. The largest absolute Gasteiger partial charge is 0.508 e. The molecule has 8 rings (SSSR count). The topological polar surface area (TPSA) is 220 Å². The van der Waals surface area contributed by atoms with Crippen molar-refractivity contribution in [2.24, 2.45) is 10.5 Å². The van der Waals surface area contributed by atoms with Crippen molar-refractivity contribution in [3.05, 3.63) is 154 Å². The lowest BCUT2D eigenvalue weighted by Gasteiger charge is -2.35. The van der Waals surface area contributed by atoms with Gasteiger partial charge in [-0.05, 0) is 140 Å². The zero-order valence-electron chi connectivity index (χ0n) is 42.3. The average molecular weight is 1050 g/mol. The quantitative estimate of drug-likeness (QED) is 0.0195. The van der Waals surface area contributed by atoms with Crippen LogP contribution < -0.4 is 20.8 Å². The number of aromatic nitrogens is 1. The van der Waals surface area contributed by atoms with Gasteiger partial charge in [-0.15, -0.1) is 22.7 Å². The van der Waals surface area contributed by atoms with Crippen molar-refractivity contribution >= 4 is 68.4 Å². The maximum absolute atomic E-state index is 14.1. The highest BCUT2D eigenvalue weighted by molar-refractivity contribution is 7.22. The molecular weight excluding hydrogens is 989 g/mol. The smallest absolute Gasteiger partial charge is 0.271 e. The summed E-state index contributed by atoms with van der Waals surface area (Å²) >= 11 is 2.92. The van der Waals surface area contributed by atoms with Crippen LogP contribution in [0.15, 0.2) is 126 Å². The first-order valence-corrected chi connectivity index (χ1v) is 26.5. The summed E-state index contributed by atoms with van der Waals surface area (Å²) in [6.45, 7) is 9.83. The van der Waals surface area contributed by atoms with Crippen molar-refractivity contribution < 1.29 is 44.0 Å². The number of ketones is 1. The van der Waals surface area contributed by atoms with Crippen LogP contribution in [0.1, 0.15) is 109 Å². The number of β-amino-alcohol motifs (C(OH)–C–C–N with tert-alkyl or cyclic N) is 1. The number of likely N-dealkylation sites (tertiary alicyclic amines) is 1. The molecule has 3 heterocycles. The number of unbranched alkanes of at least 4 members (excludes halogenated alkanes) is 2. The Morgan fingerprint density at radius 3 is 2.24 bits per heavy atom. The van der Waals surface area contributed by atoms with Crippen molar-refractivity contribution in [3.8, 4) is 38.1 Å². The fourth-order valence-corrected chi connectivity index (χ4v) is 11.0. The van der Waals surface area contributed by atoms with Gasteiger partial charge in [-0.3, -0.25) is 24.0 Å². The number of hydrogen-bond acceptors (Lipinski definition) is 13. The van der Waals surface area contributed by atoms with E-state index < -0.39 is 35.4 Å². The zero-order valence-corrected chi connectivity index (χ0v) is 44.0. The number of amides is 4. The lowest BCUT2D eigenvalue weighted by atomic mass is 9.85. The molecule has 0 bridgehead atoms. The summed E-state index contributed by atoms with van der Waals surface area (Å²) in [6.07, 6.45) is 2.86. The minimum atomic E-state index is -0.918. The minimum absolute atomic E-state index is 0.0108. The summed E-state index contributed by atoms with van der Waals surface area (Å²) in [6, 6.07) is 30.7. The predicted octanol–water partition coefficient (Wildman–Crippen LogP) is 9.72. The second-order valence-electron chi connectivity index (χ2n) is 19.8. The maximum Gasteiger partial charge on any atom is 0.271 e. The highest BCUT2D eigenvalue weighted by atomic mass is 32.1. The number of nitrogens with zero attached hydrogens (tertiary/aromatic N) is 3. The monoisotopic (exact) mass is 1050 g/mol.